The second-order valence-corrected chi connectivity index (χ2v) is 3.61. The van der Waals surface area contributed by atoms with Gasteiger partial charge in [0.05, 0.1) is 6.61 Å². The number of ether oxygens (including phenoxy) is 1. The molecule has 14 heavy (non-hydrogen) atoms. The Kier molecular flexibility index (Phi) is 5.52. The lowest BCUT2D eigenvalue weighted by atomic mass is 10.3. The standard InChI is InChI=1S/C10H18FNO2/c11-9-10(13)14-8-4-3-7-12-5-1-2-6-12/h1-9H2. The first kappa shape index (κ1) is 11.4. The third-order valence-corrected chi connectivity index (χ3v) is 2.44. The Morgan fingerprint density at radius 2 is 2.00 bits per heavy atom. The van der Waals surface area contributed by atoms with E-state index in [9.17, 15) is 9.18 Å². The van der Waals surface area contributed by atoms with Crippen LogP contribution in [0.4, 0.5) is 4.39 Å². The van der Waals surface area contributed by atoms with E-state index in [4.69, 9.17) is 0 Å². The van der Waals surface area contributed by atoms with Crippen LogP contribution in [0.1, 0.15) is 25.7 Å². The number of rotatable bonds is 6. The van der Waals surface area contributed by atoms with Gasteiger partial charge in [-0.3, -0.25) is 0 Å². The highest BCUT2D eigenvalue weighted by Crippen LogP contribution is 2.08. The van der Waals surface area contributed by atoms with Gasteiger partial charge in [0.2, 0.25) is 0 Å². The Labute approximate surface area is 84.2 Å². The van der Waals surface area contributed by atoms with Crippen LogP contribution in [0, 0.1) is 0 Å². The van der Waals surface area contributed by atoms with Crippen LogP contribution in [0.15, 0.2) is 0 Å². The first-order valence-corrected chi connectivity index (χ1v) is 5.27. The largest absolute Gasteiger partial charge is 0.464 e. The molecule has 0 saturated carbocycles. The van der Waals surface area contributed by atoms with Crippen LogP contribution in [0.3, 0.4) is 0 Å². The zero-order chi connectivity index (χ0) is 10.2. The number of carbonyl (C=O) groups is 1. The molecule has 0 aromatic carbocycles. The highest BCUT2D eigenvalue weighted by Gasteiger charge is 2.10. The molecule has 0 aliphatic carbocycles. The summed E-state index contributed by atoms with van der Waals surface area (Å²) in [6.07, 6.45) is 4.47. The van der Waals surface area contributed by atoms with Crippen molar-refractivity contribution in [3.63, 3.8) is 0 Å². The fourth-order valence-electron chi connectivity index (χ4n) is 1.67. The molecule has 0 aromatic rings. The minimum absolute atomic E-state index is 0.358. The summed E-state index contributed by atoms with van der Waals surface area (Å²) >= 11 is 0. The second-order valence-electron chi connectivity index (χ2n) is 3.61. The molecule has 1 aliphatic heterocycles. The van der Waals surface area contributed by atoms with Crippen molar-refractivity contribution in [1.82, 2.24) is 4.90 Å². The molecule has 1 rings (SSSR count). The molecule has 82 valence electrons. The maximum atomic E-state index is 11.7. The third-order valence-electron chi connectivity index (χ3n) is 2.44. The molecule has 1 aliphatic rings. The molecule has 0 spiro atoms. The molecule has 4 heteroatoms. The number of unbranched alkanes of at least 4 members (excludes halogenated alkanes) is 1. The summed E-state index contributed by atoms with van der Waals surface area (Å²) in [5.41, 5.74) is 0. The highest BCUT2D eigenvalue weighted by molar-refractivity contribution is 5.70. The van der Waals surface area contributed by atoms with Crippen LogP contribution < -0.4 is 0 Å². The number of hydrogen-bond donors (Lipinski definition) is 0. The van der Waals surface area contributed by atoms with E-state index in [0.717, 1.165) is 19.4 Å². The molecule has 0 aromatic heterocycles. The number of hydrogen-bond acceptors (Lipinski definition) is 3. The van der Waals surface area contributed by atoms with Crippen molar-refractivity contribution >= 4 is 5.97 Å². The summed E-state index contributed by atoms with van der Waals surface area (Å²) in [4.78, 5) is 12.8. The molecular weight excluding hydrogens is 185 g/mol. The SMILES string of the molecule is O=C(CF)OCCCCN1CCCC1. The number of esters is 1. The van der Waals surface area contributed by atoms with Crippen LogP contribution in [0.25, 0.3) is 0 Å². The van der Waals surface area contributed by atoms with Gasteiger partial charge in [-0.05, 0) is 45.3 Å². The summed E-state index contributed by atoms with van der Waals surface area (Å²) in [5.74, 6) is -0.744. The van der Waals surface area contributed by atoms with Crippen LogP contribution in [0.5, 0.6) is 0 Å². The quantitative estimate of drug-likeness (QED) is 0.482. The van der Waals surface area contributed by atoms with Gasteiger partial charge in [0, 0.05) is 0 Å². The molecule has 0 bridgehead atoms. The van der Waals surface area contributed by atoms with E-state index >= 15 is 0 Å². The second kappa shape index (κ2) is 6.76. The van der Waals surface area contributed by atoms with Crippen LogP contribution in [-0.4, -0.2) is 43.8 Å². The average molecular weight is 203 g/mol. The van der Waals surface area contributed by atoms with Gasteiger partial charge in [0.25, 0.3) is 0 Å². The van der Waals surface area contributed by atoms with Crippen LogP contribution in [-0.2, 0) is 9.53 Å². The Hall–Kier alpha value is -0.640. The van der Waals surface area contributed by atoms with E-state index in [1.165, 1.54) is 25.9 Å². The molecule has 0 N–H and O–H groups in total. The summed E-state index contributed by atoms with van der Waals surface area (Å²) < 4.78 is 16.3. The molecule has 0 atom stereocenters. The molecule has 1 heterocycles. The molecular formula is C10H18FNO2. The van der Waals surface area contributed by atoms with Gasteiger partial charge in [-0.15, -0.1) is 0 Å². The summed E-state index contributed by atoms with van der Waals surface area (Å²) in [5, 5.41) is 0. The lowest BCUT2D eigenvalue weighted by Gasteiger charge is -2.13. The van der Waals surface area contributed by atoms with Gasteiger partial charge in [0.15, 0.2) is 6.67 Å². The lowest BCUT2D eigenvalue weighted by molar-refractivity contribution is -0.144. The number of halogens is 1. The zero-order valence-electron chi connectivity index (χ0n) is 8.51. The minimum atomic E-state index is -1.01. The molecule has 0 amide bonds. The molecule has 1 fully saturated rings. The van der Waals surface area contributed by atoms with Gasteiger partial charge < -0.3 is 9.64 Å². The summed E-state index contributed by atoms with van der Waals surface area (Å²) in [6.45, 7) is 2.82. The molecule has 1 saturated heterocycles. The monoisotopic (exact) mass is 203 g/mol. The number of likely N-dealkylation sites (tertiary alicyclic amines) is 1. The number of alkyl halides is 1. The van der Waals surface area contributed by atoms with E-state index < -0.39 is 12.6 Å². The van der Waals surface area contributed by atoms with Gasteiger partial charge in [0.1, 0.15) is 0 Å². The Bertz CT molecular complexity index is 170. The Morgan fingerprint density at radius 1 is 1.29 bits per heavy atom. The van der Waals surface area contributed by atoms with Crippen LogP contribution in [0.2, 0.25) is 0 Å². The zero-order valence-corrected chi connectivity index (χ0v) is 8.51. The van der Waals surface area contributed by atoms with Gasteiger partial charge in [-0.2, -0.15) is 0 Å². The fourth-order valence-corrected chi connectivity index (χ4v) is 1.67. The molecule has 0 radical (unpaired) electrons. The van der Waals surface area contributed by atoms with E-state index in [-0.39, 0.29) is 0 Å². The van der Waals surface area contributed by atoms with Gasteiger partial charge >= 0.3 is 5.97 Å². The topological polar surface area (TPSA) is 29.5 Å². The van der Waals surface area contributed by atoms with Crippen molar-refractivity contribution in [2.24, 2.45) is 0 Å². The predicted octanol–water partition coefficient (Wildman–Crippen LogP) is 1.38. The van der Waals surface area contributed by atoms with Crippen LogP contribution >= 0.6 is 0 Å². The van der Waals surface area contributed by atoms with Gasteiger partial charge in [-0.25, -0.2) is 9.18 Å². The minimum Gasteiger partial charge on any atom is -0.464 e. The van der Waals surface area contributed by atoms with Crippen molar-refractivity contribution in [3.05, 3.63) is 0 Å². The lowest BCUT2D eigenvalue weighted by Crippen LogP contribution is -2.20. The maximum Gasteiger partial charge on any atom is 0.337 e. The maximum absolute atomic E-state index is 11.7. The van der Waals surface area contributed by atoms with Crippen molar-refractivity contribution in [3.8, 4) is 0 Å². The molecule has 3 nitrogen and oxygen atoms in total. The fraction of sp³-hybridized carbons (Fsp3) is 0.900. The Morgan fingerprint density at radius 3 is 2.64 bits per heavy atom. The first-order valence-electron chi connectivity index (χ1n) is 5.27. The summed E-state index contributed by atoms with van der Waals surface area (Å²) in [7, 11) is 0. The van der Waals surface area contributed by atoms with E-state index in [0.29, 0.717) is 6.61 Å². The number of nitrogens with zero attached hydrogens (tertiary/aromatic N) is 1. The van der Waals surface area contributed by atoms with E-state index in [1.807, 2.05) is 0 Å². The van der Waals surface area contributed by atoms with Crippen molar-refractivity contribution in [2.75, 3.05) is 32.9 Å². The summed E-state index contributed by atoms with van der Waals surface area (Å²) in [6, 6.07) is 0. The molecule has 0 unspecified atom stereocenters. The van der Waals surface area contributed by atoms with Crippen molar-refractivity contribution < 1.29 is 13.9 Å². The average Bonchev–Trinajstić information content (AvgIpc) is 2.69. The highest BCUT2D eigenvalue weighted by atomic mass is 19.1. The predicted molar refractivity (Wildman–Crippen MR) is 51.8 cm³/mol. The van der Waals surface area contributed by atoms with Gasteiger partial charge in [-0.1, -0.05) is 0 Å². The normalized spacial score (nSPS) is 17.2. The van der Waals surface area contributed by atoms with E-state index in [2.05, 4.69) is 9.64 Å². The first-order chi connectivity index (χ1) is 6.83. The van der Waals surface area contributed by atoms with E-state index in [1.54, 1.807) is 0 Å². The van der Waals surface area contributed by atoms with Crippen molar-refractivity contribution in [2.45, 2.75) is 25.7 Å². The Balaban J connectivity index is 1.86. The third kappa shape index (κ3) is 4.56. The van der Waals surface area contributed by atoms with Crippen molar-refractivity contribution in [1.29, 1.82) is 0 Å². The number of carbonyl (C=O) groups excluding carboxylic acids is 1. The smallest absolute Gasteiger partial charge is 0.337 e.